The van der Waals surface area contributed by atoms with E-state index in [1.54, 1.807) is 0 Å². The third-order valence-electron chi connectivity index (χ3n) is 8.55. The second-order valence-corrected chi connectivity index (χ2v) is 9.41. The maximum atomic E-state index is 10.4. The molecule has 0 bridgehead atoms. The third-order valence-corrected chi connectivity index (χ3v) is 8.55. The Hall–Kier alpha value is -0.0800. The highest BCUT2D eigenvalue weighted by Gasteiger charge is 2.58. The van der Waals surface area contributed by atoms with Crippen LogP contribution in [0.3, 0.4) is 0 Å². The zero-order valence-electron chi connectivity index (χ0n) is 13.9. The Kier molecular flexibility index (Phi) is 3.25. The van der Waals surface area contributed by atoms with Crippen molar-refractivity contribution in [3.05, 3.63) is 0 Å². The lowest BCUT2D eigenvalue weighted by molar-refractivity contribution is -0.129. The van der Waals surface area contributed by atoms with E-state index in [1.807, 2.05) is 0 Å². The summed E-state index contributed by atoms with van der Waals surface area (Å²) in [7, 11) is 0. The monoisotopic (exact) mass is 291 g/mol. The summed E-state index contributed by atoms with van der Waals surface area (Å²) in [5, 5.41) is 10.4. The fourth-order valence-electron chi connectivity index (χ4n) is 7.32. The van der Waals surface area contributed by atoms with Gasteiger partial charge in [-0.3, -0.25) is 0 Å². The summed E-state index contributed by atoms with van der Waals surface area (Å²) < 4.78 is 0. The van der Waals surface area contributed by atoms with Gasteiger partial charge in [0.1, 0.15) is 0 Å². The molecule has 21 heavy (non-hydrogen) atoms. The topological polar surface area (TPSA) is 46.2 Å². The van der Waals surface area contributed by atoms with Gasteiger partial charge >= 0.3 is 0 Å². The van der Waals surface area contributed by atoms with Crippen LogP contribution in [0.5, 0.6) is 0 Å². The van der Waals surface area contributed by atoms with Gasteiger partial charge in [0.05, 0.1) is 6.10 Å². The number of hydrogen-bond donors (Lipinski definition) is 2. The first-order valence-corrected chi connectivity index (χ1v) is 9.38. The number of aliphatic hydroxyl groups is 1. The van der Waals surface area contributed by atoms with E-state index in [0.29, 0.717) is 10.8 Å². The van der Waals surface area contributed by atoms with Crippen LogP contribution in [0, 0.1) is 34.5 Å². The molecule has 0 aromatic rings. The van der Waals surface area contributed by atoms with Crippen LogP contribution in [0.2, 0.25) is 0 Å². The molecule has 0 aromatic heterocycles. The minimum absolute atomic E-state index is 0.0277. The summed E-state index contributed by atoms with van der Waals surface area (Å²) in [6, 6.07) is 0.0277. The van der Waals surface area contributed by atoms with Crippen molar-refractivity contribution < 1.29 is 5.11 Å². The normalized spacial score (nSPS) is 60.0. The van der Waals surface area contributed by atoms with Crippen molar-refractivity contribution in [1.82, 2.24) is 0 Å². The van der Waals surface area contributed by atoms with Crippen molar-refractivity contribution in [1.29, 1.82) is 0 Å². The number of fused-ring (bicyclic) bond motifs is 5. The van der Waals surface area contributed by atoms with E-state index < -0.39 is 0 Å². The van der Waals surface area contributed by atoms with Crippen LogP contribution in [0.15, 0.2) is 0 Å². The van der Waals surface area contributed by atoms with Gasteiger partial charge in [-0.2, -0.15) is 0 Å². The van der Waals surface area contributed by atoms with Gasteiger partial charge < -0.3 is 10.8 Å². The fraction of sp³-hybridized carbons (Fsp3) is 1.00. The smallest absolute Gasteiger partial charge is 0.0696 e. The Morgan fingerprint density at radius 1 is 1.00 bits per heavy atom. The molecule has 0 saturated heterocycles. The lowest BCUT2D eigenvalue weighted by Gasteiger charge is -2.61. The summed E-state index contributed by atoms with van der Waals surface area (Å²) in [6.07, 6.45) is 11.8. The Morgan fingerprint density at radius 2 is 1.81 bits per heavy atom. The first-order valence-electron chi connectivity index (χ1n) is 9.38. The van der Waals surface area contributed by atoms with Gasteiger partial charge in [-0.05, 0) is 85.9 Å². The van der Waals surface area contributed by atoms with Crippen LogP contribution in [-0.2, 0) is 0 Å². The van der Waals surface area contributed by atoms with E-state index in [2.05, 4.69) is 13.8 Å². The second kappa shape index (κ2) is 4.71. The zero-order valence-corrected chi connectivity index (χ0v) is 13.9. The molecular weight excluding hydrogens is 258 g/mol. The van der Waals surface area contributed by atoms with Crippen LogP contribution in [0.25, 0.3) is 0 Å². The predicted octanol–water partition coefficient (Wildman–Crippen LogP) is 3.72. The van der Waals surface area contributed by atoms with E-state index in [9.17, 15) is 5.11 Å². The molecule has 0 aliphatic heterocycles. The molecule has 4 aliphatic rings. The van der Waals surface area contributed by atoms with Crippen LogP contribution in [0.4, 0.5) is 0 Å². The molecule has 0 amide bonds. The Labute approximate surface area is 129 Å². The van der Waals surface area contributed by atoms with E-state index >= 15 is 0 Å². The summed E-state index contributed by atoms with van der Waals surface area (Å²) >= 11 is 0. The van der Waals surface area contributed by atoms with E-state index in [-0.39, 0.29) is 12.1 Å². The average Bonchev–Trinajstić information content (AvgIpc) is 2.82. The number of nitrogens with two attached hydrogens (primary N) is 1. The average molecular weight is 291 g/mol. The predicted molar refractivity (Wildman–Crippen MR) is 85.7 cm³/mol. The van der Waals surface area contributed by atoms with Gasteiger partial charge in [0, 0.05) is 6.04 Å². The number of aliphatic hydroxyl groups excluding tert-OH is 1. The van der Waals surface area contributed by atoms with Crippen molar-refractivity contribution in [3.63, 3.8) is 0 Å². The number of hydrogen-bond acceptors (Lipinski definition) is 2. The quantitative estimate of drug-likeness (QED) is 0.714. The molecule has 4 rings (SSSR count). The molecule has 4 fully saturated rings. The van der Waals surface area contributed by atoms with Crippen molar-refractivity contribution in [3.8, 4) is 0 Å². The Balaban J connectivity index is 1.63. The molecule has 4 aliphatic carbocycles. The lowest BCUT2D eigenvalue weighted by atomic mass is 9.45. The minimum Gasteiger partial charge on any atom is -0.391 e. The minimum atomic E-state index is -0.262. The molecule has 0 spiro atoms. The molecule has 0 aromatic carbocycles. The van der Waals surface area contributed by atoms with Crippen LogP contribution in [-0.4, -0.2) is 17.3 Å². The van der Waals surface area contributed by atoms with E-state index in [4.69, 9.17) is 5.73 Å². The second-order valence-electron chi connectivity index (χ2n) is 9.41. The molecular formula is C19H33NO. The first-order chi connectivity index (χ1) is 9.94. The van der Waals surface area contributed by atoms with Gasteiger partial charge in [0.2, 0.25) is 0 Å². The molecule has 2 nitrogen and oxygen atoms in total. The molecule has 8 atom stereocenters. The van der Waals surface area contributed by atoms with E-state index in [1.165, 1.54) is 44.9 Å². The number of rotatable bonds is 0. The van der Waals surface area contributed by atoms with Crippen molar-refractivity contribution >= 4 is 0 Å². The highest BCUT2D eigenvalue weighted by atomic mass is 16.3. The largest absolute Gasteiger partial charge is 0.391 e. The fourth-order valence-corrected chi connectivity index (χ4v) is 7.32. The van der Waals surface area contributed by atoms with Crippen LogP contribution in [0.1, 0.15) is 71.6 Å². The zero-order chi connectivity index (χ0) is 14.8. The van der Waals surface area contributed by atoms with Crippen LogP contribution >= 0.6 is 0 Å². The third kappa shape index (κ3) is 1.97. The van der Waals surface area contributed by atoms with Gasteiger partial charge in [0.15, 0.2) is 0 Å². The van der Waals surface area contributed by atoms with Gasteiger partial charge in [-0.1, -0.05) is 20.3 Å². The van der Waals surface area contributed by atoms with Gasteiger partial charge in [0.25, 0.3) is 0 Å². The molecule has 3 unspecified atom stereocenters. The highest BCUT2D eigenvalue weighted by Crippen LogP contribution is 2.66. The van der Waals surface area contributed by atoms with Crippen molar-refractivity contribution in [2.24, 2.45) is 40.2 Å². The Morgan fingerprint density at radius 3 is 2.62 bits per heavy atom. The van der Waals surface area contributed by atoms with E-state index in [0.717, 1.165) is 36.5 Å². The summed E-state index contributed by atoms with van der Waals surface area (Å²) in [5.41, 5.74) is 7.18. The standard InChI is InChI=1S/C19H33NO/c1-18-8-3-4-14(18)13-6-5-12-10-16(20)17(21)11-19(12,2)15(13)7-9-18/h12-17,21H,3-11,20H2,1-2H3/t12-,13?,14-,15-,16?,17?,18-,19-/m0/s1. The first kappa shape index (κ1) is 14.5. The highest BCUT2D eigenvalue weighted by molar-refractivity contribution is 5.08. The molecule has 120 valence electrons. The maximum absolute atomic E-state index is 10.4. The molecule has 2 heteroatoms. The Bertz CT molecular complexity index is 424. The molecule has 0 heterocycles. The van der Waals surface area contributed by atoms with Gasteiger partial charge in [-0.25, -0.2) is 0 Å². The van der Waals surface area contributed by atoms with Crippen molar-refractivity contribution in [2.75, 3.05) is 0 Å². The van der Waals surface area contributed by atoms with Crippen molar-refractivity contribution in [2.45, 2.75) is 83.8 Å². The molecule has 0 radical (unpaired) electrons. The summed E-state index contributed by atoms with van der Waals surface area (Å²) in [4.78, 5) is 0. The maximum Gasteiger partial charge on any atom is 0.0696 e. The SMILES string of the molecule is C[C@@]12CCC[C@H]1C1CC[C@H]3CC(N)C(O)C[C@]3(C)[C@H]1CC2. The summed E-state index contributed by atoms with van der Waals surface area (Å²) in [6.45, 7) is 5.07. The van der Waals surface area contributed by atoms with Crippen LogP contribution < -0.4 is 5.73 Å². The molecule has 3 N–H and O–H groups in total. The van der Waals surface area contributed by atoms with Gasteiger partial charge in [-0.15, -0.1) is 0 Å². The molecule has 4 saturated carbocycles. The summed E-state index contributed by atoms with van der Waals surface area (Å²) in [5.74, 6) is 3.54. The lowest BCUT2D eigenvalue weighted by Crippen LogP contribution is -2.57.